The van der Waals surface area contributed by atoms with Gasteiger partial charge in [0.15, 0.2) is 0 Å². The Balaban J connectivity index is 1.31. The highest BCUT2D eigenvalue weighted by molar-refractivity contribution is 6.00. The van der Waals surface area contributed by atoms with Crippen LogP contribution in [0.15, 0.2) is 120 Å². The van der Waals surface area contributed by atoms with Crippen LogP contribution in [-0.2, 0) is 12.8 Å². The minimum absolute atomic E-state index is 0.0232. The number of nitrogens with one attached hydrogen (secondary N) is 1. The molecule has 1 unspecified atom stereocenters. The third-order valence-electron chi connectivity index (χ3n) is 8.74. The van der Waals surface area contributed by atoms with Gasteiger partial charge in [0.05, 0.1) is 0 Å². The van der Waals surface area contributed by atoms with Crippen LogP contribution in [0.2, 0.25) is 0 Å². The van der Waals surface area contributed by atoms with Gasteiger partial charge in [-0.25, -0.2) is 0 Å². The van der Waals surface area contributed by atoms with Crippen LogP contribution in [0, 0.1) is 0 Å². The average Bonchev–Trinajstić information content (AvgIpc) is 3.30. The van der Waals surface area contributed by atoms with Gasteiger partial charge in [0, 0.05) is 34.4 Å². The second-order valence-corrected chi connectivity index (χ2v) is 10.9. The van der Waals surface area contributed by atoms with Crippen LogP contribution < -0.4 is 5.56 Å². The van der Waals surface area contributed by atoms with E-state index in [0.29, 0.717) is 12.3 Å². The molecule has 0 amide bonds. The fourth-order valence-corrected chi connectivity index (χ4v) is 6.85. The fourth-order valence-electron chi connectivity index (χ4n) is 6.85. The number of aryl methyl sites for hydroxylation is 1. The number of aromatic amines is 1. The number of pyridine rings is 1. The van der Waals surface area contributed by atoms with Crippen LogP contribution in [0.25, 0.3) is 44.3 Å². The van der Waals surface area contributed by atoms with Gasteiger partial charge in [-0.15, -0.1) is 0 Å². The molecule has 1 aromatic heterocycles. The molecular formula is C37H27NO. The van der Waals surface area contributed by atoms with Gasteiger partial charge in [-0.05, 0) is 81.1 Å². The van der Waals surface area contributed by atoms with Gasteiger partial charge in [0.2, 0.25) is 0 Å². The predicted octanol–water partition coefficient (Wildman–Crippen LogP) is 8.51. The number of hydrogen-bond acceptors (Lipinski definition) is 1. The highest BCUT2D eigenvalue weighted by Gasteiger charge is 2.26. The average molecular weight is 502 g/mol. The zero-order valence-corrected chi connectivity index (χ0v) is 21.6. The maximum Gasteiger partial charge on any atom is 0.252 e. The summed E-state index contributed by atoms with van der Waals surface area (Å²) < 4.78 is 0. The van der Waals surface area contributed by atoms with Crippen LogP contribution in [0.1, 0.15) is 40.2 Å². The molecule has 2 aliphatic carbocycles. The molecule has 2 heteroatoms. The van der Waals surface area contributed by atoms with Crippen molar-refractivity contribution in [2.75, 3.05) is 0 Å². The van der Waals surface area contributed by atoms with Gasteiger partial charge < -0.3 is 4.98 Å². The zero-order valence-electron chi connectivity index (χ0n) is 21.6. The van der Waals surface area contributed by atoms with Crippen molar-refractivity contribution in [3.63, 3.8) is 0 Å². The molecule has 1 heterocycles. The quantitative estimate of drug-likeness (QED) is 0.253. The van der Waals surface area contributed by atoms with E-state index in [-0.39, 0.29) is 5.56 Å². The highest BCUT2D eigenvalue weighted by Crippen LogP contribution is 2.45. The molecule has 5 aromatic carbocycles. The lowest BCUT2D eigenvalue weighted by Gasteiger charge is -2.20. The summed E-state index contributed by atoms with van der Waals surface area (Å²) in [5.41, 5.74) is 14.6. The van der Waals surface area contributed by atoms with Crippen molar-refractivity contribution >= 4 is 10.9 Å². The van der Waals surface area contributed by atoms with Crippen LogP contribution in [-0.4, -0.2) is 4.98 Å². The standard InChI is InChI=1S/C37H27NO/c39-37-34-22-27-15-14-25(20-32(27)36(34)31-12-6-7-13-35(31)38-37)26-17-19-30-29(23-8-2-1-3-9-23)18-16-24-10-4-5-11-28(24)33(30)21-26/h1-15,17,19-21,29H,16,18,22H2,(H,38,39). The molecule has 0 saturated carbocycles. The maximum atomic E-state index is 13.0. The van der Waals surface area contributed by atoms with Gasteiger partial charge in [-0.1, -0.05) is 97.1 Å². The van der Waals surface area contributed by atoms with E-state index in [0.717, 1.165) is 34.9 Å². The first-order chi connectivity index (χ1) is 19.2. The van der Waals surface area contributed by atoms with Crippen molar-refractivity contribution in [3.8, 4) is 33.4 Å². The second kappa shape index (κ2) is 8.68. The number of H-pyrrole nitrogens is 1. The molecule has 186 valence electrons. The van der Waals surface area contributed by atoms with Crippen LogP contribution in [0.5, 0.6) is 0 Å². The highest BCUT2D eigenvalue weighted by atomic mass is 16.1. The first-order valence-electron chi connectivity index (χ1n) is 13.8. The summed E-state index contributed by atoms with van der Waals surface area (Å²) in [5.74, 6) is 0.368. The number of hydrogen-bond donors (Lipinski definition) is 1. The molecule has 2 nitrogen and oxygen atoms in total. The molecule has 0 radical (unpaired) electrons. The van der Waals surface area contributed by atoms with E-state index in [1.54, 1.807) is 0 Å². The lowest BCUT2D eigenvalue weighted by Crippen LogP contribution is -2.11. The Bertz CT molecular complexity index is 1960. The van der Waals surface area contributed by atoms with Crippen molar-refractivity contribution < 1.29 is 0 Å². The molecule has 0 fully saturated rings. The van der Waals surface area contributed by atoms with E-state index < -0.39 is 0 Å². The first kappa shape index (κ1) is 22.3. The van der Waals surface area contributed by atoms with Crippen molar-refractivity contribution in [2.45, 2.75) is 25.2 Å². The third-order valence-corrected chi connectivity index (χ3v) is 8.74. The van der Waals surface area contributed by atoms with Gasteiger partial charge in [-0.3, -0.25) is 4.79 Å². The van der Waals surface area contributed by atoms with Crippen molar-refractivity contribution in [3.05, 3.63) is 153 Å². The maximum absolute atomic E-state index is 13.0. The van der Waals surface area contributed by atoms with E-state index >= 15 is 0 Å². The molecule has 1 N–H and O–H groups in total. The smallest absolute Gasteiger partial charge is 0.252 e. The Hall–Kier alpha value is -4.69. The molecule has 0 saturated heterocycles. The monoisotopic (exact) mass is 501 g/mol. The Labute approximate surface area is 227 Å². The predicted molar refractivity (Wildman–Crippen MR) is 160 cm³/mol. The summed E-state index contributed by atoms with van der Waals surface area (Å²) in [6.07, 6.45) is 2.85. The normalized spacial score (nSPS) is 15.2. The van der Waals surface area contributed by atoms with Crippen molar-refractivity contribution in [2.24, 2.45) is 0 Å². The summed E-state index contributed by atoms with van der Waals surface area (Å²) in [7, 11) is 0. The van der Waals surface area contributed by atoms with E-state index in [4.69, 9.17) is 0 Å². The van der Waals surface area contributed by atoms with E-state index in [1.165, 1.54) is 50.1 Å². The number of rotatable bonds is 2. The molecule has 1 atom stereocenters. The van der Waals surface area contributed by atoms with Crippen LogP contribution in [0.3, 0.4) is 0 Å². The van der Waals surface area contributed by atoms with Crippen LogP contribution >= 0.6 is 0 Å². The Morgan fingerprint density at radius 2 is 1.38 bits per heavy atom. The molecule has 2 aliphatic rings. The largest absolute Gasteiger partial charge is 0.322 e. The molecule has 0 spiro atoms. The van der Waals surface area contributed by atoms with Crippen molar-refractivity contribution in [1.82, 2.24) is 4.98 Å². The summed E-state index contributed by atoms with van der Waals surface area (Å²) in [6.45, 7) is 0. The molecular weight excluding hydrogens is 474 g/mol. The second-order valence-electron chi connectivity index (χ2n) is 10.9. The molecule has 6 aromatic rings. The summed E-state index contributed by atoms with van der Waals surface area (Å²) in [4.78, 5) is 16.0. The van der Waals surface area contributed by atoms with E-state index in [9.17, 15) is 4.79 Å². The molecule has 0 aliphatic heterocycles. The SMILES string of the molecule is O=c1[nH]c2ccccc2c2c1Cc1ccc(-c3ccc4c(c3)-c3ccccc3CCC4c3ccccc3)cc1-2. The van der Waals surface area contributed by atoms with Gasteiger partial charge in [-0.2, -0.15) is 0 Å². The van der Waals surface area contributed by atoms with Gasteiger partial charge in [0.25, 0.3) is 5.56 Å². The molecule has 8 rings (SSSR count). The summed E-state index contributed by atoms with van der Waals surface area (Å²) >= 11 is 0. The number of fused-ring (bicyclic) bond motifs is 8. The fraction of sp³-hybridized carbons (Fsp3) is 0.108. The number of aromatic nitrogens is 1. The zero-order chi connectivity index (χ0) is 25.9. The van der Waals surface area contributed by atoms with E-state index in [1.807, 2.05) is 12.1 Å². The third kappa shape index (κ3) is 3.52. The topological polar surface area (TPSA) is 32.9 Å². The minimum Gasteiger partial charge on any atom is -0.322 e. The number of para-hydroxylation sites is 1. The number of benzene rings is 5. The molecule has 0 bridgehead atoms. The Morgan fingerprint density at radius 3 is 2.28 bits per heavy atom. The lowest BCUT2D eigenvalue weighted by atomic mass is 9.84. The first-order valence-corrected chi connectivity index (χ1v) is 13.8. The van der Waals surface area contributed by atoms with Gasteiger partial charge in [0.1, 0.15) is 0 Å². The Kier molecular flexibility index (Phi) is 4.96. The summed E-state index contributed by atoms with van der Waals surface area (Å²) in [5, 5.41) is 1.12. The lowest BCUT2D eigenvalue weighted by molar-refractivity contribution is 0.726. The summed E-state index contributed by atoms with van der Waals surface area (Å²) in [6, 6.07) is 41.7. The van der Waals surface area contributed by atoms with E-state index in [2.05, 4.69) is 108 Å². The molecule has 39 heavy (non-hydrogen) atoms. The minimum atomic E-state index is 0.0232. The van der Waals surface area contributed by atoms with Crippen molar-refractivity contribution in [1.29, 1.82) is 0 Å². The van der Waals surface area contributed by atoms with Crippen LogP contribution in [0.4, 0.5) is 0 Å². The van der Waals surface area contributed by atoms with Gasteiger partial charge >= 0.3 is 0 Å². The Morgan fingerprint density at radius 1 is 0.641 bits per heavy atom.